The second-order valence-corrected chi connectivity index (χ2v) is 4.91. The van der Waals surface area contributed by atoms with Crippen LogP contribution in [0.1, 0.15) is 30.1 Å². The van der Waals surface area contributed by atoms with E-state index in [1.807, 2.05) is 24.3 Å². The number of hydrogen-bond donors (Lipinski definition) is 2. The molecular weight excluding hydrogens is 240 g/mol. The predicted molar refractivity (Wildman–Crippen MR) is 76.5 cm³/mol. The molecule has 1 aliphatic rings. The van der Waals surface area contributed by atoms with E-state index in [4.69, 9.17) is 4.74 Å². The Balaban J connectivity index is 1.93. The highest BCUT2D eigenvalue weighted by atomic mass is 16.5. The average molecular weight is 262 g/mol. The Bertz CT molecular complexity index is 414. The summed E-state index contributed by atoms with van der Waals surface area (Å²) in [5.41, 5.74) is 1.62. The fourth-order valence-corrected chi connectivity index (χ4v) is 2.17. The minimum atomic E-state index is -0.00824. The maximum Gasteiger partial charge on any atom is 0.253 e. The molecule has 0 radical (unpaired) electrons. The lowest BCUT2D eigenvalue weighted by molar-refractivity contribution is 0.0946. The fourth-order valence-electron chi connectivity index (χ4n) is 2.17. The first-order chi connectivity index (χ1) is 9.31. The molecule has 1 unspecified atom stereocenters. The van der Waals surface area contributed by atoms with Gasteiger partial charge in [0.15, 0.2) is 0 Å². The molecule has 0 aromatic heterocycles. The molecule has 4 nitrogen and oxygen atoms in total. The van der Waals surface area contributed by atoms with Crippen LogP contribution >= 0.6 is 0 Å². The molecule has 2 N–H and O–H groups in total. The number of carbonyl (C=O) groups excluding carboxylic acids is 1. The maximum absolute atomic E-state index is 12.2. The molecular formula is C15H22N2O2. The SMILES string of the molecule is CCCNc1ccccc1C(=O)NCC1CCOC1. The summed E-state index contributed by atoms with van der Waals surface area (Å²) in [6.07, 6.45) is 2.07. The second kappa shape index (κ2) is 7.14. The molecule has 1 amide bonds. The summed E-state index contributed by atoms with van der Waals surface area (Å²) in [6, 6.07) is 7.64. The van der Waals surface area contributed by atoms with E-state index in [-0.39, 0.29) is 5.91 Å². The zero-order valence-electron chi connectivity index (χ0n) is 11.4. The normalized spacial score (nSPS) is 18.3. The average Bonchev–Trinajstić information content (AvgIpc) is 2.96. The standard InChI is InChI=1S/C15H22N2O2/c1-2-8-16-14-6-4-3-5-13(14)15(18)17-10-12-7-9-19-11-12/h3-6,12,16H,2,7-11H2,1H3,(H,17,18). The van der Waals surface area contributed by atoms with Gasteiger partial charge in [0.1, 0.15) is 0 Å². The number of hydrogen-bond acceptors (Lipinski definition) is 3. The zero-order valence-corrected chi connectivity index (χ0v) is 11.4. The van der Waals surface area contributed by atoms with Gasteiger partial charge in [-0.15, -0.1) is 0 Å². The monoisotopic (exact) mass is 262 g/mol. The molecule has 1 aliphatic heterocycles. The van der Waals surface area contributed by atoms with Gasteiger partial charge in [-0.3, -0.25) is 4.79 Å². The van der Waals surface area contributed by atoms with Crippen molar-refractivity contribution in [1.82, 2.24) is 5.32 Å². The van der Waals surface area contributed by atoms with Crippen LogP contribution in [0.15, 0.2) is 24.3 Å². The van der Waals surface area contributed by atoms with E-state index in [9.17, 15) is 4.79 Å². The van der Waals surface area contributed by atoms with Crippen molar-refractivity contribution in [2.75, 3.05) is 31.6 Å². The lowest BCUT2D eigenvalue weighted by Gasteiger charge is -2.13. The summed E-state index contributed by atoms with van der Waals surface area (Å²) < 4.78 is 5.31. The van der Waals surface area contributed by atoms with Crippen LogP contribution in [-0.4, -0.2) is 32.2 Å². The van der Waals surface area contributed by atoms with Crippen LogP contribution in [0.25, 0.3) is 0 Å². The largest absolute Gasteiger partial charge is 0.384 e. The van der Waals surface area contributed by atoms with Gasteiger partial charge in [-0.05, 0) is 25.0 Å². The maximum atomic E-state index is 12.2. The van der Waals surface area contributed by atoms with Gasteiger partial charge in [-0.2, -0.15) is 0 Å². The molecule has 1 saturated heterocycles. The molecule has 1 fully saturated rings. The molecule has 1 aromatic rings. The molecule has 0 saturated carbocycles. The lowest BCUT2D eigenvalue weighted by Crippen LogP contribution is -2.30. The molecule has 19 heavy (non-hydrogen) atoms. The van der Waals surface area contributed by atoms with Crippen LogP contribution in [0.3, 0.4) is 0 Å². The van der Waals surface area contributed by atoms with Gasteiger partial charge < -0.3 is 15.4 Å². The number of amides is 1. The summed E-state index contributed by atoms with van der Waals surface area (Å²) >= 11 is 0. The number of benzene rings is 1. The predicted octanol–water partition coefficient (Wildman–Crippen LogP) is 2.27. The van der Waals surface area contributed by atoms with Crippen molar-refractivity contribution in [3.05, 3.63) is 29.8 Å². The molecule has 0 aliphatic carbocycles. The van der Waals surface area contributed by atoms with Crippen molar-refractivity contribution in [3.63, 3.8) is 0 Å². The summed E-state index contributed by atoms with van der Waals surface area (Å²) in [7, 11) is 0. The van der Waals surface area contributed by atoms with Crippen molar-refractivity contribution in [2.24, 2.45) is 5.92 Å². The molecule has 1 atom stereocenters. The van der Waals surface area contributed by atoms with E-state index in [2.05, 4.69) is 17.6 Å². The third kappa shape index (κ3) is 3.96. The lowest BCUT2D eigenvalue weighted by atomic mass is 10.1. The van der Waals surface area contributed by atoms with Crippen LogP contribution < -0.4 is 10.6 Å². The molecule has 1 heterocycles. The van der Waals surface area contributed by atoms with E-state index in [0.29, 0.717) is 12.5 Å². The Morgan fingerprint density at radius 1 is 1.42 bits per heavy atom. The van der Waals surface area contributed by atoms with Gasteiger partial charge in [-0.25, -0.2) is 0 Å². The van der Waals surface area contributed by atoms with Gasteiger partial charge in [0.2, 0.25) is 0 Å². The van der Waals surface area contributed by atoms with Gasteiger partial charge in [-0.1, -0.05) is 19.1 Å². The van der Waals surface area contributed by atoms with Gasteiger partial charge in [0, 0.05) is 31.3 Å². The Labute approximate surface area is 114 Å². The van der Waals surface area contributed by atoms with Gasteiger partial charge in [0.25, 0.3) is 5.91 Å². The molecule has 2 rings (SSSR count). The highest BCUT2D eigenvalue weighted by Gasteiger charge is 2.17. The first-order valence-corrected chi connectivity index (χ1v) is 7.00. The number of carbonyl (C=O) groups is 1. The van der Waals surface area contributed by atoms with Crippen molar-refractivity contribution >= 4 is 11.6 Å². The second-order valence-electron chi connectivity index (χ2n) is 4.91. The van der Waals surface area contributed by atoms with E-state index in [0.717, 1.165) is 43.9 Å². The van der Waals surface area contributed by atoms with Crippen LogP contribution in [0.2, 0.25) is 0 Å². The van der Waals surface area contributed by atoms with Crippen LogP contribution in [0.4, 0.5) is 5.69 Å². The third-order valence-corrected chi connectivity index (χ3v) is 3.31. The van der Waals surface area contributed by atoms with Crippen molar-refractivity contribution in [3.8, 4) is 0 Å². The Morgan fingerprint density at radius 3 is 3.00 bits per heavy atom. The Hall–Kier alpha value is -1.55. The van der Waals surface area contributed by atoms with Gasteiger partial charge >= 0.3 is 0 Å². The fraction of sp³-hybridized carbons (Fsp3) is 0.533. The van der Waals surface area contributed by atoms with Crippen LogP contribution in [0, 0.1) is 5.92 Å². The number of para-hydroxylation sites is 1. The van der Waals surface area contributed by atoms with Crippen molar-refractivity contribution < 1.29 is 9.53 Å². The topological polar surface area (TPSA) is 50.4 Å². The Kier molecular flexibility index (Phi) is 5.21. The van der Waals surface area contributed by atoms with E-state index >= 15 is 0 Å². The van der Waals surface area contributed by atoms with E-state index in [1.165, 1.54) is 0 Å². The van der Waals surface area contributed by atoms with Crippen LogP contribution in [-0.2, 0) is 4.74 Å². The third-order valence-electron chi connectivity index (χ3n) is 3.31. The van der Waals surface area contributed by atoms with Crippen LogP contribution in [0.5, 0.6) is 0 Å². The summed E-state index contributed by atoms with van der Waals surface area (Å²) in [5.74, 6) is 0.450. The van der Waals surface area contributed by atoms with E-state index < -0.39 is 0 Å². The van der Waals surface area contributed by atoms with Crippen molar-refractivity contribution in [2.45, 2.75) is 19.8 Å². The molecule has 1 aromatic carbocycles. The Morgan fingerprint density at radius 2 is 2.26 bits per heavy atom. The molecule has 0 spiro atoms. The smallest absolute Gasteiger partial charge is 0.253 e. The van der Waals surface area contributed by atoms with Crippen molar-refractivity contribution in [1.29, 1.82) is 0 Å². The minimum Gasteiger partial charge on any atom is -0.384 e. The zero-order chi connectivity index (χ0) is 13.5. The quantitative estimate of drug-likeness (QED) is 0.827. The van der Waals surface area contributed by atoms with E-state index in [1.54, 1.807) is 0 Å². The minimum absolute atomic E-state index is 0.00824. The summed E-state index contributed by atoms with van der Waals surface area (Å²) in [6.45, 7) is 5.25. The summed E-state index contributed by atoms with van der Waals surface area (Å²) in [5, 5.41) is 6.29. The molecule has 0 bridgehead atoms. The summed E-state index contributed by atoms with van der Waals surface area (Å²) in [4.78, 5) is 12.2. The van der Waals surface area contributed by atoms with Gasteiger partial charge in [0.05, 0.1) is 12.2 Å². The first kappa shape index (κ1) is 13.9. The number of anilines is 1. The highest BCUT2D eigenvalue weighted by Crippen LogP contribution is 2.16. The molecule has 104 valence electrons. The molecule has 4 heteroatoms. The number of rotatable bonds is 6. The first-order valence-electron chi connectivity index (χ1n) is 7.00. The number of nitrogens with one attached hydrogen (secondary N) is 2. The number of ether oxygens (including phenoxy) is 1. The highest BCUT2D eigenvalue weighted by molar-refractivity contribution is 5.99.